The highest BCUT2D eigenvalue weighted by molar-refractivity contribution is 4.73. The van der Waals surface area contributed by atoms with Gasteiger partial charge in [0.05, 0.1) is 6.10 Å². The largest absolute Gasteiger partial charge is 0.377 e. The highest BCUT2D eigenvalue weighted by Gasteiger charge is 2.19. The van der Waals surface area contributed by atoms with Crippen LogP contribution in [-0.2, 0) is 4.74 Å². The second-order valence-electron chi connectivity index (χ2n) is 5.81. The molecular formula is C15H32N2O. The van der Waals surface area contributed by atoms with Gasteiger partial charge in [0.2, 0.25) is 0 Å². The molecule has 0 spiro atoms. The van der Waals surface area contributed by atoms with E-state index in [1.807, 2.05) is 0 Å². The molecule has 1 saturated heterocycles. The smallest absolute Gasteiger partial charge is 0.0702 e. The second-order valence-corrected chi connectivity index (χ2v) is 5.81. The van der Waals surface area contributed by atoms with Gasteiger partial charge in [-0.05, 0) is 51.6 Å². The standard InChI is InChI=1S/C15H32N2O/c1-4-18-15-8-6-11-17(13-15)12-10-16-9-5-7-14(2)3/h14-16H,4-13H2,1-3H3. The molecule has 108 valence electrons. The topological polar surface area (TPSA) is 24.5 Å². The summed E-state index contributed by atoms with van der Waals surface area (Å²) in [5.74, 6) is 0.834. The third-order valence-electron chi connectivity index (χ3n) is 3.60. The lowest BCUT2D eigenvalue weighted by Crippen LogP contribution is -2.42. The summed E-state index contributed by atoms with van der Waals surface area (Å²) in [7, 11) is 0. The maximum atomic E-state index is 5.72. The molecule has 0 bridgehead atoms. The monoisotopic (exact) mass is 256 g/mol. The number of rotatable bonds is 9. The molecular weight excluding hydrogens is 224 g/mol. The summed E-state index contributed by atoms with van der Waals surface area (Å²) in [6.07, 6.45) is 5.65. The number of likely N-dealkylation sites (tertiary alicyclic amines) is 1. The molecule has 1 atom stereocenters. The van der Waals surface area contributed by atoms with Gasteiger partial charge in [0.25, 0.3) is 0 Å². The van der Waals surface area contributed by atoms with Crippen molar-refractivity contribution >= 4 is 0 Å². The number of nitrogens with zero attached hydrogens (tertiary/aromatic N) is 1. The Hall–Kier alpha value is -0.120. The van der Waals surface area contributed by atoms with Gasteiger partial charge in [0, 0.05) is 26.2 Å². The minimum Gasteiger partial charge on any atom is -0.377 e. The highest BCUT2D eigenvalue weighted by atomic mass is 16.5. The van der Waals surface area contributed by atoms with Crippen molar-refractivity contribution in [2.75, 3.05) is 39.3 Å². The van der Waals surface area contributed by atoms with Crippen LogP contribution in [-0.4, -0.2) is 50.3 Å². The maximum absolute atomic E-state index is 5.72. The van der Waals surface area contributed by atoms with Gasteiger partial charge in [0.15, 0.2) is 0 Å². The van der Waals surface area contributed by atoms with Crippen LogP contribution in [0.1, 0.15) is 46.5 Å². The first kappa shape index (κ1) is 15.9. The molecule has 3 heteroatoms. The first-order chi connectivity index (χ1) is 8.72. The van der Waals surface area contributed by atoms with Crippen LogP contribution >= 0.6 is 0 Å². The fourth-order valence-electron chi connectivity index (χ4n) is 2.59. The lowest BCUT2D eigenvalue weighted by molar-refractivity contribution is 0.00637. The zero-order valence-electron chi connectivity index (χ0n) is 12.6. The van der Waals surface area contributed by atoms with Gasteiger partial charge in [-0.15, -0.1) is 0 Å². The average molecular weight is 256 g/mol. The zero-order valence-corrected chi connectivity index (χ0v) is 12.6. The second kappa shape index (κ2) is 9.76. The molecule has 1 aliphatic rings. The van der Waals surface area contributed by atoms with Crippen LogP contribution in [0.4, 0.5) is 0 Å². The van der Waals surface area contributed by atoms with Crippen molar-refractivity contribution in [3.8, 4) is 0 Å². The van der Waals surface area contributed by atoms with Crippen molar-refractivity contribution in [2.45, 2.75) is 52.6 Å². The molecule has 1 heterocycles. The first-order valence-corrected chi connectivity index (χ1v) is 7.77. The summed E-state index contributed by atoms with van der Waals surface area (Å²) in [4.78, 5) is 2.54. The Morgan fingerprint density at radius 1 is 1.33 bits per heavy atom. The van der Waals surface area contributed by atoms with E-state index >= 15 is 0 Å². The number of nitrogens with one attached hydrogen (secondary N) is 1. The van der Waals surface area contributed by atoms with Gasteiger partial charge >= 0.3 is 0 Å². The van der Waals surface area contributed by atoms with E-state index in [1.54, 1.807) is 0 Å². The Morgan fingerprint density at radius 2 is 2.17 bits per heavy atom. The summed E-state index contributed by atoms with van der Waals surface area (Å²) in [6, 6.07) is 0. The van der Waals surface area contributed by atoms with Crippen LogP contribution in [0.25, 0.3) is 0 Å². The lowest BCUT2D eigenvalue weighted by Gasteiger charge is -2.32. The van der Waals surface area contributed by atoms with E-state index in [0.717, 1.165) is 25.6 Å². The van der Waals surface area contributed by atoms with Crippen molar-refractivity contribution in [3.05, 3.63) is 0 Å². The van der Waals surface area contributed by atoms with Crippen LogP contribution in [0.15, 0.2) is 0 Å². The summed E-state index contributed by atoms with van der Waals surface area (Å²) in [6.45, 7) is 13.4. The van der Waals surface area contributed by atoms with E-state index in [0.29, 0.717) is 6.10 Å². The zero-order chi connectivity index (χ0) is 13.2. The Labute approximate surface area is 113 Å². The molecule has 0 amide bonds. The van der Waals surface area contributed by atoms with Crippen molar-refractivity contribution in [2.24, 2.45) is 5.92 Å². The third kappa shape index (κ3) is 7.34. The Bertz CT molecular complexity index is 195. The van der Waals surface area contributed by atoms with Gasteiger partial charge in [0.1, 0.15) is 0 Å². The Morgan fingerprint density at radius 3 is 2.89 bits per heavy atom. The molecule has 1 aliphatic heterocycles. The minimum absolute atomic E-state index is 0.477. The Kier molecular flexibility index (Phi) is 8.64. The lowest BCUT2D eigenvalue weighted by atomic mass is 10.1. The minimum atomic E-state index is 0.477. The molecule has 0 aromatic rings. The van der Waals surface area contributed by atoms with Crippen LogP contribution in [0.5, 0.6) is 0 Å². The number of piperidine rings is 1. The molecule has 1 unspecified atom stereocenters. The third-order valence-corrected chi connectivity index (χ3v) is 3.60. The molecule has 1 rings (SSSR count). The number of hydrogen-bond acceptors (Lipinski definition) is 3. The number of hydrogen-bond donors (Lipinski definition) is 1. The molecule has 0 radical (unpaired) electrons. The molecule has 18 heavy (non-hydrogen) atoms. The molecule has 1 N–H and O–H groups in total. The molecule has 0 aromatic carbocycles. The van der Waals surface area contributed by atoms with Gasteiger partial charge in [-0.2, -0.15) is 0 Å². The number of ether oxygens (including phenoxy) is 1. The normalized spacial score (nSPS) is 21.7. The molecule has 0 saturated carbocycles. The van der Waals surface area contributed by atoms with E-state index in [4.69, 9.17) is 4.74 Å². The summed E-state index contributed by atoms with van der Waals surface area (Å²) in [5, 5.41) is 3.55. The van der Waals surface area contributed by atoms with Gasteiger partial charge in [-0.1, -0.05) is 13.8 Å². The van der Waals surface area contributed by atoms with E-state index in [1.165, 1.54) is 45.3 Å². The summed E-state index contributed by atoms with van der Waals surface area (Å²) in [5.41, 5.74) is 0. The molecule has 0 aliphatic carbocycles. The summed E-state index contributed by atoms with van der Waals surface area (Å²) < 4.78 is 5.72. The van der Waals surface area contributed by atoms with Crippen molar-refractivity contribution in [1.82, 2.24) is 10.2 Å². The molecule has 1 fully saturated rings. The van der Waals surface area contributed by atoms with E-state index in [9.17, 15) is 0 Å². The van der Waals surface area contributed by atoms with Gasteiger partial charge in [-0.25, -0.2) is 0 Å². The molecule has 3 nitrogen and oxygen atoms in total. The van der Waals surface area contributed by atoms with E-state index < -0.39 is 0 Å². The predicted molar refractivity (Wildman–Crippen MR) is 78.0 cm³/mol. The van der Waals surface area contributed by atoms with Crippen LogP contribution in [0.2, 0.25) is 0 Å². The maximum Gasteiger partial charge on any atom is 0.0702 e. The predicted octanol–water partition coefficient (Wildman–Crippen LogP) is 2.51. The van der Waals surface area contributed by atoms with Crippen LogP contribution in [0.3, 0.4) is 0 Å². The van der Waals surface area contributed by atoms with Crippen molar-refractivity contribution in [3.63, 3.8) is 0 Å². The molecule has 0 aromatic heterocycles. The first-order valence-electron chi connectivity index (χ1n) is 7.77. The van der Waals surface area contributed by atoms with Crippen LogP contribution in [0, 0.1) is 5.92 Å². The van der Waals surface area contributed by atoms with Crippen molar-refractivity contribution < 1.29 is 4.74 Å². The van der Waals surface area contributed by atoms with Crippen LogP contribution < -0.4 is 5.32 Å². The highest BCUT2D eigenvalue weighted by Crippen LogP contribution is 2.12. The average Bonchev–Trinajstić information content (AvgIpc) is 2.34. The Balaban J connectivity index is 1.98. The summed E-state index contributed by atoms with van der Waals surface area (Å²) >= 11 is 0. The van der Waals surface area contributed by atoms with Crippen molar-refractivity contribution in [1.29, 1.82) is 0 Å². The fraction of sp³-hybridized carbons (Fsp3) is 1.00. The van der Waals surface area contributed by atoms with Gasteiger partial charge < -0.3 is 10.1 Å². The quantitative estimate of drug-likeness (QED) is 0.642. The van der Waals surface area contributed by atoms with Gasteiger partial charge in [-0.3, -0.25) is 4.90 Å². The van der Waals surface area contributed by atoms with E-state index in [-0.39, 0.29) is 0 Å². The SMILES string of the molecule is CCOC1CCCN(CCNCCCC(C)C)C1. The van der Waals surface area contributed by atoms with E-state index in [2.05, 4.69) is 31.0 Å². The fourth-order valence-corrected chi connectivity index (χ4v) is 2.59.